The molecule has 1 aromatic rings. The topological polar surface area (TPSA) is 78.5 Å². The van der Waals surface area contributed by atoms with E-state index in [4.69, 9.17) is 0 Å². The molecule has 7 heteroatoms. The molecule has 1 aromatic carbocycles. The van der Waals surface area contributed by atoms with Gasteiger partial charge in [0.05, 0.1) is 0 Å². The van der Waals surface area contributed by atoms with E-state index in [0.29, 0.717) is 18.5 Å². The molecule has 2 N–H and O–H groups in total. The minimum atomic E-state index is -0.773. The van der Waals surface area contributed by atoms with Crippen molar-refractivity contribution in [1.29, 1.82) is 0 Å². The van der Waals surface area contributed by atoms with Crippen LogP contribution in [-0.4, -0.2) is 34.8 Å². The monoisotopic (exact) mass is 347 g/mol. The molecule has 3 rings (SSSR count). The number of nitrogens with zero attached hydrogens (tertiary/aromatic N) is 1. The Bertz CT molecular complexity index is 714. The number of imide groups is 1. The minimum absolute atomic E-state index is 0.0204. The summed E-state index contributed by atoms with van der Waals surface area (Å²) in [5, 5.41) is 5.44. The maximum absolute atomic E-state index is 13.3. The van der Waals surface area contributed by atoms with Gasteiger partial charge < -0.3 is 10.6 Å². The molecular weight excluding hydrogens is 325 g/mol. The van der Waals surface area contributed by atoms with Gasteiger partial charge in [0.25, 0.3) is 5.91 Å². The Morgan fingerprint density at radius 3 is 2.72 bits per heavy atom. The van der Waals surface area contributed by atoms with Crippen molar-refractivity contribution in [2.24, 2.45) is 0 Å². The Balaban J connectivity index is 1.59. The molecule has 0 bridgehead atoms. The van der Waals surface area contributed by atoms with Crippen molar-refractivity contribution in [3.05, 3.63) is 29.6 Å². The van der Waals surface area contributed by atoms with Gasteiger partial charge in [-0.3, -0.25) is 14.5 Å². The van der Waals surface area contributed by atoms with Crippen LogP contribution < -0.4 is 10.6 Å². The van der Waals surface area contributed by atoms with Crippen molar-refractivity contribution in [3.63, 3.8) is 0 Å². The summed E-state index contributed by atoms with van der Waals surface area (Å²) in [6.07, 6.45) is 4.19. The lowest BCUT2D eigenvalue weighted by molar-refractivity contribution is -0.132. The molecule has 6 nitrogen and oxygen atoms in total. The van der Waals surface area contributed by atoms with Crippen molar-refractivity contribution < 1.29 is 18.8 Å². The number of hydrogen-bond donors (Lipinski definition) is 2. The van der Waals surface area contributed by atoms with Gasteiger partial charge in [-0.1, -0.05) is 25.3 Å². The lowest BCUT2D eigenvalue weighted by Gasteiger charge is -2.30. The van der Waals surface area contributed by atoms with Gasteiger partial charge in [0.2, 0.25) is 5.91 Å². The number of aryl methyl sites for hydroxylation is 1. The highest BCUT2D eigenvalue weighted by atomic mass is 19.1. The summed E-state index contributed by atoms with van der Waals surface area (Å²) in [5.74, 6) is -1.03. The second-order valence-electron chi connectivity index (χ2n) is 6.79. The van der Waals surface area contributed by atoms with Gasteiger partial charge >= 0.3 is 6.03 Å². The lowest BCUT2D eigenvalue weighted by atomic mass is 9.82. The van der Waals surface area contributed by atoms with Gasteiger partial charge in [-0.25, -0.2) is 9.18 Å². The Morgan fingerprint density at radius 1 is 1.28 bits per heavy atom. The van der Waals surface area contributed by atoms with Crippen LogP contribution >= 0.6 is 0 Å². The second-order valence-corrected chi connectivity index (χ2v) is 6.79. The fraction of sp³-hybridized carbons (Fsp3) is 0.500. The Kier molecular flexibility index (Phi) is 4.74. The number of benzene rings is 1. The number of carbonyl (C=O) groups is 3. The standard InChI is InChI=1S/C18H22FN3O3/c1-12-5-6-13(19)11-14(12)20-15(23)7-10-22-16(24)18(21-17(22)25)8-3-2-4-9-18/h5-6,11H,2-4,7-10H2,1H3,(H,20,23)(H,21,25). The van der Waals surface area contributed by atoms with Crippen molar-refractivity contribution in [2.75, 3.05) is 11.9 Å². The van der Waals surface area contributed by atoms with Crippen LogP contribution in [0.25, 0.3) is 0 Å². The van der Waals surface area contributed by atoms with Crippen molar-refractivity contribution in [2.45, 2.75) is 51.0 Å². The van der Waals surface area contributed by atoms with E-state index in [1.54, 1.807) is 13.0 Å². The third-order valence-electron chi connectivity index (χ3n) is 4.99. The first kappa shape index (κ1) is 17.4. The SMILES string of the molecule is Cc1ccc(F)cc1NC(=O)CCN1C(=O)NC2(CCCCC2)C1=O. The molecular formula is C18H22FN3O3. The number of carbonyl (C=O) groups excluding carboxylic acids is 3. The van der Waals surface area contributed by atoms with E-state index in [1.165, 1.54) is 12.1 Å². The van der Waals surface area contributed by atoms with Gasteiger partial charge in [-0.15, -0.1) is 0 Å². The van der Waals surface area contributed by atoms with Crippen LogP contribution in [-0.2, 0) is 9.59 Å². The van der Waals surface area contributed by atoms with Gasteiger partial charge in [-0.05, 0) is 37.5 Å². The first-order valence-corrected chi connectivity index (χ1v) is 8.61. The van der Waals surface area contributed by atoms with Gasteiger partial charge in [0, 0.05) is 18.7 Å². The summed E-state index contributed by atoms with van der Waals surface area (Å²) < 4.78 is 13.3. The number of amides is 4. The number of hydrogen-bond acceptors (Lipinski definition) is 3. The molecule has 0 atom stereocenters. The fourth-order valence-corrected chi connectivity index (χ4v) is 3.53. The van der Waals surface area contributed by atoms with Crippen LogP contribution in [0.3, 0.4) is 0 Å². The molecule has 1 aliphatic carbocycles. The molecule has 1 saturated heterocycles. The largest absolute Gasteiger partial charge is 0.326 e. The van der Waals surface area contributed by atoms with Crippen molar-refractivity contribution >= 4 is 23.5 Å². The first-order chi connectivity index (χ1) is 11.9. The number of nitrogens with one attached hydrogen (secondary N) is 2. The summed E-state index contributed by atoms with van der Waals surface area (Å²) in [4.78, 5) is 38.0. The van der Waals surface area contributed by atoms with E-state index in [-0.39, 0.29) is 24.8 Å². The highest BCUT2D eigenvalue weighted by Gasteiger charge is 2.50. The number of anilines is 1. The van der Waals surface area contributed by atoms with Crippen LogP contribution in [0.1, 0.15) is 44.1 Å². The average molecular weight is 347 g/mol. The third-order valence-corrected chi connectivity index (χ3v) is 4.99. The van der Waals surface area contributed by atoms with Crippen LogP contribution in [0.15, 0.2) is 18.2 Å². The summed E-state index contributed by atoms with van der Waals surface area (Å²) in [6.45, 7) is 1.78. The highest BCUT2D eigenvalue weighted by molar-refractivity contribution is 6.07. The van der Waals surface area contributed by atoms with Crippen LogP contribution in [0.5, 0.6) is 0 Å². The summed E-state index contributed by atoms with van der Waals surface area (Å²) in [6, 6.07) is 3.72. The molecule has 1 spiro atoms. The molecule has 2 aliphatic rings. The van der Waals surface area contributed by atoms with E-state index in [9.17, 15) is 18.8 Å². The zero-order valence-corrected chi connectivity index (χ0v) is 14.2. The lowest BCUT2D eigenvalue weighted by Crippen LogP contribution is -2.48. The Hall–Kier alpha value is -2.44. The average Bonchev–Trinajstić information content (AvgIpc) is 2.80. The fourth-order valence-electron chi connectivity index (χ4n) is 3.53. The summed E-state index contributed by atoms with van der Waals surface area (Å²) in [7, 11) is 0. The third kappa shape index (κ3) is 3.50. The van der Waals surface area contributed by atoms with Crippen LogP contribution in [0.2, 0.25) is 0 Å². The van der Waals surface area contributed by atoms with Crippen LogP contribution in [0, 0.1) is 12.7 Å². The minimum Gasteiger partial charge on any atom is -0.326 e. The first-order valence-electron chi connectivity index (χ1n) is 8.61. The molecule has 1 aliphatic heterocycles. The molecule has 2 fully saturated rings. The molecule has 0 aromatic heterocycles. The van der Waals surface area contributed by atoms with Gasteiger partial charge in [0.15, 0.2) is 0 Å². The van der Waals surface area contributed by atoms with E-state index < -0.39 is 17.4 Å². The summed E-state index contributed by atoms with van der Waals surface area (Å²) in [5.41, 5.74) is 0.363. The number of halogens is 1. The number of rotatable bonds is 4. The van der Waals surface area contributed by atoms with E-state index in [2.05, 4.69) is 10.6 Å². The van der Waals surface area contributed by atoms with E-state index in [1.807, 2.05) is 0 Å². The molecule has 25 heavy (non-hydrogen) atoms. The van der Waals surface area contributed by atoms with Crippen molar-refractivity contribution in [1.82, 2.24) is 10.2 Å². The van der Waals surface area contributed by atoms with E-state index in [0.717, 1.165) is 29.7 Å². The predicted octanol–water partition coefficient (Wildman–Crippen LogP) is 2.72. The smallest absolute Gasteiger partial charge is 0.325 e. The normalized spacial score (nSPS) is 19.2. The van der Waals surface area contributed by atoms with Crippen LogP contribution in [0.4, 0.5) is 14.9 Å². The Labute approximate surface area is 145 Å². The molecule has 0 unspecified atom stereocenters. The van der Waals surface area contributed by atoms with Gasteiger partial charge in [0.1, 0.15) is 11.4 Å². The van der Waals surface area contributed by atoms with E-state index >= 15 is 0 Å². The molecule has 134 valence electrons. The van der Waals surface area contributed by atoms with Crippen molar-refractivity contribution in [3.8, 4) is 0 Å². The maximum atomic E-state index is 13.3. The van der Waals surface area contributed by atoms with Gasteiger partial charge in [-0.2, -0.15) is 0 Å². The predicted molar refractivity (Wildman–Crippen MR) is 90.4 cm³/mol. The zero-order valence-electron chi connectivity index (χ0n) is 14.2. The number of urea groups is 1. The quantitative estimate of drug-likeness (QED) is 0.822. The maximum Gasteiger partial charge on any atom is 0.325 e. The summed E-state index contributed by atoms with van der Waals surface area (Å²) >= 11 is 0. The molecule has 1 heterocycles. The highest BCUT2D eigenvalue weighted by Crippen LogP contribution is 2.33. The second kappa shape index (κ2) is 6.82. The molecule has 0 radical (unpaired) electrons. The zero-order chi connectivity index (χ0) is 18.0. The molecule has 4 amide bonds. The Morgan fingerprint density at radius 2 is 2.00 bits per heavy atom. The molecule has 1 saturated carbocycles.